The van der Waals surface area contributed by atoms with Gasteiger partial charge in [0.1, 0.15) is 6.04 Å². The van der Waals surface area contributed by atoms with Gasteiger partial charge in [-0.25, -0.2) is 4.79 Å². The minimum atomic E-state index is -1.13. The molecule has 0 aliphatic carbocycles. The van der Waals surface area contributed by atoms with Crippen LogP contribution in [0, 0.1) is 6.92 Å². The highest BCUT2D eigenvalue weighted by molar-refractivity contribution is 6.22. The van der Waals surface area contributed by atoms with Gasteiger partial charge in [0.15, 0.2) is 6.61 Å². The van der Waals surface area contributed by atoms with Crippen LogP contribution in [0.5, 0.6) is 0 Å². The number of benzene rings is 2. The normalized spacial score (nSPS) is 14.8. The molecule has 0 unspecified atom stereocenters. The van der Waals surface area contributed by atoms with Gasteiger partial charge in [-0.15, -0.1) is 0 Å². The molecule has 0 bridgehead atoms. The number of fused-ring (bicyclic) bond motifs is 1. The zero-order valence-corrected chi connectivity index (χ0v) is 17.2. The molecule has 3 rings (SSSR count). The number of imide groups is 1. The smallest absolute Gasteiger partial charge is 0.329 e. The lowest BCUT2D eigenvalue weighted by Crippen LogP contribution is -2.44. The van der Waals surface area contributed by atoms with E-state index >= 15 is 0 Å². The van der Waals surface area contributed by atoms with E-state index in [-0.39, 0.29) is 17.2 Å². The zero-order valence-electron chi connectivity index (χ0n) is 17.2. The third-order valence-electron chi connectivity index (χ3n) is 5.12. The number of amides is 3. The lowest BCUT2D eigenvalue weighted by molar-refractivity contribution is -0.152. The summed E-state index contributed by atoms with van der Waals surface area (Å²) in [7, 11) is 0. The molecule has 0 radical (unpaired) electrons. The topological polar surface area (TPSA) is 92.8 Å². The van der Waals surface area contributed by atoms with Gasteiger partial charge in [-0.1, -0.05) is 48.9 Å². The van der Waals surface area contributed by atoms with Crippen molar-refractivity contribution in [3.05, 3.63) is 70.8 Å². The summed E-state index contributed by atoms with van der Waals surface area (Å²) in [6, 6.07) is 12.9. The number of aryl methyl sites for hydroxylation is 1. The van der Waals surface area contributed by atoms with Gasteiger partial charge in [0.05, 0.1) is 17.2 Å². The molecule has 0 fully saturated rings. The molecule has 1 heterocycles. The van der Waals surface area contributed by atoms with E-state index in [1.54, 1.807) is 12.1 Å². The second-order valence-corrected chi connectivity index (χ2v) is 7.25. The first-order valence-corrected chi connectivity index (χ1v) is 9.83. The fourth-order valence-electron chi connectivity index (χ4n) is 3.38. The van der Waals surface area contributed by atoms with Gasteiger partial charge in [-0.05, 0) is 38.0 Å². The first-order chi connectivity index (χ1) is 14.3. The number of esters is 1. The van der Waals surface area contributed by atoms with Crippen LogP contribution in [0.3, 0.4) is 0 Å². The third-order valence-corrected chi connectivity index (χ3v) is 5.12. The number of hydrogen-bond donors (Lipinski definition) is 1. The SMILES string of the molecule is CC[C@H](NC(=O)COC(=O)[C@H](C)N1C(=O)c2ccccc2C1=O)c1ccc(C)cc1. The summed E-state index contributed by atoms with van der Waals surface area (Å²) in [5.74, 6) is -2.36. The number of ether oxygens (including phenoxy) is 1. The Hall–Kier alpha value is -3.48. The molecule has 3 amide bonds. The minimum Gasteiger partial charge on any atom is -0.454 e. The highest BCUT2D eigenvalue weighted by Gasteiger charge is 2.41. The van der Waals surface area contributed by atoms with Crippen LogP contribution in [-0.2, 0) is 14.3 Å². The summed E-state index contributed by atoms with van der Waals surface area (Å²) in [4.78, 5) is 50.5. The molecule has 0 saturated carbocycles. The Labute approximate surface area is 175 Å². The molecule has 156 valence electrons. The molecule has 1 N–H and O–H groups in total. The maximum atomic E-state index is 12.5. The van der Waals surface area contributed by atoms with Crippen LogP contribution in [0.2, 0.25) is 0 Å². The van der Waals surface area contributed by atoms with Gasteiger partial charge in [0, 0.05) is 0 Å². The predicted molar refractivity (Wildman–Crippen MR) is 110 cm³/mol. The first kappa shape index (κ1) is 21.2. The van der Waals surface area contributed by atoms with Crippen molar-refractivity contribution in [3.8, 4) is 0 Å². The van der Waals surface area contributed by atoms with Crippen LogP contribution in [0.15, 0.2) is 48.5 Å². The molecule has 0 saturated heterocycles. The van der Waals surface area contributed by atoms with E-state index in [4.69, 9.17) is 4.74 Å². The van der Waals surface area contributed by atoms with Crippen LogP contribution in [-0.4, -0.2) is 41.2 Å². The molecule has 2 atom stereocenters. The molecule has 1 aliphatic heterocycles. The quantitative estimate of drug-likeness (QED) is 0.562. The molecular formula is C23H24N2O5. The van der Waals surface area contributed by atoms with E-state index in [9.17, 15) is 19.2 Å². The molecule has 2 aromatic carbocycles. The Morgan fingerprint density at radius 3 is 2.10 bits per heavy atom. The van der Waals surface area contributed by atoms with Crippen molar-refractivity contribution >= 4 is 23.7 Å². The second-order valence-electron chi connectivity index (χ2n) is 7.25. The fourth-order valence-corrected chi connectivity index (χ4v) is 3.38. The summed E-state index contributed by atoms with van der Waals surface area (Å²) in [6.45, 7) is 4.84. The molecule has 30 heavy (non-hydrogen) atoms. The number of carbonyl (C=O) groups is 4. The van der Waals surface area contributed by atoms with Crippen LogP contribution in [0.25, 0.3) is 0 Å². The largest absolute Gasteiger partial charge is 0.454 e. The van der Waals surface area contributed by atoms with E-state index in [2.05, 4.69) is 5.32 Å². The summed E-state index contributed by atoms with van der Waals surface area (Å²) in [5, 5.41) is 2.83. The summed E-state index contributed by atoms with van der Waals surface area (Å²) < 4.78 is 5.08. The summed E-state index contributed by atoms with van der Waals surface area (Å²) in [6.07, 6.45) is 0.675. The zero-order chi connectivity index (χ0) is 21.8. The standard InChI is InChI=1S/C23H24N2O5/c1-4-19(16-11-9-14(2)10-12-16)24-20(26)13-30-23(29)15(3)25-21(27)17-7-5-6-8-18(17)22(25)28/h5-12,15,19H,4,13H2,1-3H3,(H,24,26)/t15-,19-/m0/s1. The predicted octanol–water partition coefficient (Wildman–Crippen LogP) is 2.79. The summed E-state index contributed by atoms with van der Waals surface area (Å²) >= 11 is 0. The average Bonchev–Trinajstić information content (AvgIpc) is 3.01. The number of hydrogen-bond acceptors (Lipinski definition) is 5. The van der Waals surface area contributed by atoms with Crippen molar-refractivity contribution in [2.45, 2.75) is 39.3 Å². The highest BCUT2D eigenvalue weighted by atomic mass is 16.5. The number of nitrogens with zero attached hydrogens (tertiary/aromatic N) is 1. The molecule has 2 aromatic rings. The molecule has 0 aromatic heterocycles. The fraction of sp³-hybridized carbons (Fsp3) is 0.304. The number of nitrogens with one attached hydrogen (secondary N) is 1. The van der Waals surface area contributed by atoms with Crippen molar-refractivity contribution < 1.29 is 23.9 Å². The van der Waals surface area contributed by atoms with Gasteiger partial charge in [0.2, 0.25) is 0 Å². The third kappa shape index (κ3) is 4.25. The minimum absolute atomic E-state index is 0.203. The van der Waals surface area contributed by atoms with E-state index in [1.807, 2.05) is 38.1 Å². The van der Waals surface area contributed by atoms with Gasteiger partial charge in [0.25, 0.3) is 17.7 Å². The molecular weight excluding hydrogens is 384 g/mol. The monoisotopic (exact) mass is 408 g/mol. The first-order valence-electron chi connectivity index (χ1n) is 9.83. The average molecular weight is 408 g/mol. The maximum Gasteiger partial charge on any atom is 0.329 e. The molecule has 7 heteroatoms. The molecule has 1 aliphatic rings. The summed E-state index contributed by atoms with van der Waals surface area (Å²) in [5.41, 5.74) is 2.59. The maximum absolute atomic E-state index is 12.5. The number of rotatable bonds is 7. The molecule has 7 nitrogen and oxygen atoms in total. The van der Waals surface area contributed by atoms with Crippen LogP contribution >= 0.6 is 0 Å². The van der Waals surface area contributed by atoms with Gasteiger partial charge in [-0.3, -0.25) is 19.3 Å². The number of carbonyl (C=O) groups excluding carboxylic acids is 4. The Kier molecular flexibility index (Phi) is 6.30. The van der Waals surface area contributed by atoms with E-state index in [1.165, 1.54) is 19.1 Å². The van der Waals surface area contributed by atoms with Crippen molar-refractivity contribution in [1.29, 1.82) is 0 Å². The van der Waals surface area contributed by atoms with Gasteiger partial charge < -0.3 is 10.1 Å². The lowest BCUT2D eigenvalue weighted by Gasteiger charge is -2.21. The van der Waals surface area contributed by atoms with E-state index in [0.29, 0.717) is 6.42 Å². The van der Waals surface area contributed by atoms with Crippen LogP contribution in [0.1, 0.15) is 58.2 Å². The Morgan fingerprint density at radius 2 is 1.57 bits per heavy atom. The van der Waals surface area contributed by atoms with Crippen molar-refractivity contribution in [3.63, 3.8) is 0 Å². The highest BCUT2D eigenvalue weighted by Crippen LogP contribution is 2.24. The van der Waals surface area contributed by atoms with E-state index in [0.717, 1.165) is 16.0 Å². The van der Waals surface area contributed by atoms with Crippen molar-refractivity contribution in [2.24, 2.45) is 0 Å². The molecule has 0 spiro atoms. The van der Waals surface area contributed by atoms with Gasteiger partial charge in [-0.2, -0.15) is 0 Å². The second kappa shape index (κ2) is 8.90. The van der Waals surface area contributed by atoms with Crippen molar-refractivity contribution in [2.75, 3.05) is 6.61 Å². The Balaban J connectivity index is 1.57. The Bertz CT molecular complexity index is 948. The van der Waals surface area contributed by atoms with Crippen LogP contribution < -0.4 is 5.32 Å². The Morgan fingerprint density at radius 1 is 1.00 bits per heavy atom. The van der Waals surface area contributed by atoms with E-state index < -0.39 is 36.3 Å². The lowest BCUT2D eigenvalue weighted by atomic mass is 10.0. The van der Waals surface area contributed by atoms with Crippen LogP contribution in [0.4, 0.5) is 0 Å². The van der Waals surface area contributed by atoms with Crippen molar-refractivity contribution in [1.82, 2.24) is 10.2 Å². The van der Waals surface area contributed by atoms with Gasteiger partial charge >= 0.3 is 5.97 Å².